The fraction of sp³-hybridized carbons (Fsp3) is 0.364. The molecule has 2 heterocycles. The number of hydrogen-bond donors (Lipinski definition) is 1. The van der Waals surface area contributed by atoms with Gasteiger partial charge in [0.25, 0.3) is 5.91 Å². The second-order valence-corrected chi connectivity index (χ2v) is 5.84. The summed E-state index contributed by atoms with van der Waals surface area (Å²) in [6.07, 6.45) is 2.36. The Hall–Kier alpha value is -2.16. The highest BCUT2D eigenvalue weighted by Crippen LogP contribution is 2.06. The van der Waals surface area contributed by atoms with E-state index in [-0.39, 0.29) is 18.3 Å². The van der Waals surface area contributed by atoms with Gasteiger partial charge in [-0.25, -0.2) is 17.5 Å². The van der Waals surface area contributed by atoms with Crippen molar-refractivity contribution < 1.29 is 22.7 Å². The van der Waals surface area contributed by atoms with Crippen LogP contribution in [-0.2, 0) is 14.8 Å². The average Bonchev–Trinajstić information content (AvgIpc) is 2.45. The molecular weight excluding hydrogens is 286 g/mol. The number of nitrogens with zero attached hydrogens (tertiary/aromatic N) is 2. The van der Waals surface area contributed by atoms with Crippen LogP contribution >= 0.6 is 0 Å². The zero-order valence-electron chi connectivity index (χ0n) is 11.1. The quantitative estimate of drug-likeness (QED) is 0.772. The predicted octanol–water partition coefficient (Wildman–Crippen LogP) is -0.161. The van der Waals surface area contributed by atoms with Crippen LogP contribution < -0.4 is 5.32 Å². The minimum Gasteiger partial charge on any atom is -0.448 e. The first-order chi connectivity index (χ1) is 9.38. The van der Waals surface area contributed by atoms with E-state index in [1.807, 2.05) is 0 Å². The molecule has 0 aromatic carbocycles. The van der Waals surface area contributed by atoms with Crippen molar-refractivity contribution in [3.05, 3.63) is 30.1 Å². The molecule has 9 heteroatoms. The van der Waals surface area contributed by atoms with Gasteiger partial charge >= 0.3 is 6.09 Å². The fourth-order valence-electron chi connectivity index (χ4n) is 1.22. The number of sulfonamides is 1. The summed E-state index contributed by atoms with van der Waals surface area (Å²) < 4.78 is 26.7. The van der Waals surface area contributed by atoms with E-state index in [1.54, 1.807) is 25.4 Å². The van der Waals surface area contributed by atoms with Crippen molar-refractivity contribution in [2.24, 2.45) is 0 Å². The Bertz CT molecular complexity index is 573. The van der Waals surface area contributed by atoms with Crippen molar-refractivity contribution in [3.63, 3.8) is 0 Å². The molecule has 1 saturated heterocycles. The number of ether oxygens (including phenoxy) is 1. The summed E-state index contributed by atoms with van der Waals surface area (Å²) >= 11 is 0. The van der Waals surface area contributed by atoms with E-state index in [4.69, 9.17) is 0 Å². The zero-order chi connectivity index (χ0) is 15.2. The first kappa shape index (κ1) is 15.9. The standard InChI is InChI=1S/C7H8N2O.C4H7NO4S/c1-8-7(10)6-3-2-4-9-5-6;1-5-4(6)9-2-3-10(5,7)8/h2-5H,1H3,(H,8,10);2-3H2,1H3. The molecule has 0 bridgehead atoms. The molecule has 1 N–H and O–H groups in total. The first-order valence-corrected chi connectivity index (χ1v) is 7.25. The molecule has 1 aromatic rings. The number of nitrogens with one attached hydrogen (secondary N) is 1. The number of pyridine rings is 1. The molecule has 1 aliphatic rings. The molecular formula is C11H15N3O5S. The van der Waals surface area contributed by atoms with Crippen LogP contribution in [0.25, 0.3) is 0 Å². The summed E-state index contributed by atoms with van der Waals surface area (Å²) in [7, 11) is -0.582. The van der Waals surface area contributed by atoms with Gasteiger partial charge in [-0.3, -0.25) is 9.78 Å². The largest absolute Gasteiger partial charge is 0.448 e. The van der Waals surface area contributed by atoms with E-state index in [0.29, 0.717) is 9.87 Å². The molecule has 0 unspecified atom stereocenters. The smallest absolute Gasteiger partial charge is 0.423 e. The Morgan fingerprint density at radius 1 is 1.50 bits per heavy atom. The summed E-state index contributed by atoms with van der Waals surface area (Å²) in [5, 5.41) is 2.50. The predicted molar refractivity (Wildman–Crippen MR) is 70.5 cm³/mol. The van der Waals surface area contributed by atoms with Crippen LogP contribution in [0.5, 0.6) is 0 Å². The molecule has 0 radical (unpaired) electrons. The lowest BCUT2D eigenvalue weighted by Gasteiger charge is -2.21. The Labute approximate surface area is 116 Å². The molecule has 1 aromatic heterocycles. The Balaban J connectivity index is 0.000000200. The van der Waals surface area contributed by atoms with E-state index < -0.39 is 16.1 Å². The van der Waals surface area contributed by atoms with Gasteiger partial charge in [0, 0.05) is 26.5 Å². The van der Waals surface area contributed by atoms with Crippen LogP contribution in [0.2, 0.25) is 0 Å². The molecule has 2 rings (SSSR count). The van der Waals surface area contributed by atoms with Gasteiger partial charge in [-0.2, -0.15) is 0 Å². The third-order valence-corrected chi connectivity index (χ3v) is 4.06. The minimum atomic E-state index is -3.35. The van der Waals surface area contributed by atoms with Gasteiger partial charge in [0.1, 0.15) is 12.4 Å². The number of cyclic esters (lactones) is 1. The Kier molecular flexibility index (Phi) is 5.44. The number of rotatable bonds is 1. The lowest BCUT2D eigenvalue weighted by Crippen LogP contribution is -2.41. The van der Waals surface area contributed by atoms with Gasteiger partial charge in [-0.15, -0.1) is 0 Å². The van der Waals surface area contributed by atoms with Crippen molar-refractivity contribution in [1.29, 1.82) is 0 Å². The van der Waals surface area contributed by atoms with Gasteiger partial charge in [0.2, 0.25) is 10.0 Å². The van der Waals surface area contributed by atoms with Gasteiger partial charge < -0.3 is 10.1 Å². The van der Waals surface area contributed by atoms with Crippen LogP contribution in [0.1, 0.15) is 10.4 Å². The van der Waals surface area contributed by atoms with Gasteiger partial charge in [0.15, 0.2) is 0 Å². The highest BCUT2D eigenvalue weighted by molar-refractivity contribution is 7.89. The van der Waals surface area contributed by atoms with E-state index in [1.165, 1.54) is 13.2 Å². The molecule has 20 heavy (non-hydrogen) atoms. The molecule has 8 nitrogen and oxygen atoms in total. The van der Waals surface area contributed by atoms with E-state index >= 15 is 0 Å². The summed E-state index contributed by atoms with van der Waals surface area (Å²) in [5.41, 5.74) is 0.588. The summed E-state index contributed by atoms with van der Waals surface area (Å²) in [6.45, 7) is -0.0362. The van der Waals surface area contributed by atoms with Crippen molar-refractivity contribution in [1.82, 2.24) is 14.6 Å². The second kappa shape index (κ2) is 6.85. The number of aromatic nitrogens is 1. The molecule has 0 spiro atoms. The molecule has 110 valence electrons. The minimum absolute atomic E-state index is 0.0362. The van der Waals surface area contributed by atoms with Crippen molar-refractivity contribution in [3.8, 4) is 0 Å². The molecule has 1 fully saturated rings. The number of carbonyl (C=O) groups excluding carboxylic acids is 2. The third kappa shape index (κ3) is 4.19. The third-order valence-electron chi connectivity index (χ3n) is 2.39. The van der Waals surface area contributed by atoms with Crippen LogP contribution in [-0.4, -0.2) is 56.2 Å². The van der Waals surface area contributed by atoms with E-state index in [9.17, 15) is 18.0 Å². The maximum atomic E-state index is 10.9. The maximum absolute atomic E-state index is 10.9. The second-order valence-electron chi connectivity index (χ2n) is 3.72. The topological polar surface area (TPSA) is 106 Å². The van der Waals surface area contributed by atoms with Gasteiger partial charge in [-0.05, 0) is 12.1 Å². The highest BCUT2D eigenvalue weighted by atomic mass is 32.2. The van der Waals surface area contributed by atoms with Crippen LogP contribution in [0, 0.1) is 0 Å². The zero-order valence-corrected chi connectivity index (χ0v) is 11.9. The fourth-order valence-corrected chi connectivity index (χ4v) is 2.06. The van der Waals surface area contributed by atoms with E-state index in [0.717, 1.165) is 0 Å². The molecule has 0 atom stereocenters. The average molecular weight is 301 g/mol. The lowest BCUT2D eigenvalue weighted by atomic mass is 10.3. The maximum Gasteiger partial charge on any atom is 0.423 e. The lowest BCUT2D eigenvalue weighted by molar-refractivity contribution is 0.0962. The summed E-state index contributed by atoms with van der Waals surface area (Å²) in [4.78, 5) is 25.2. The number of hydrogen-bond acceptors (Lipinski definition) is 6. The SMILES string of the molecule is CN1C(=O)OCCS1(=O)=O.CNC(=O)c1cccnc1. The van der Waals surface area contributed by atoms with Gasteiger partial charge in [-0.1, -0.05) is 0 Å². The van der Waals surface area contributed by atoms with Crippen molar-refractivity contribution >= 4 is 22.0 Å². The number of amides is 2. The highest BCUT2D eigenvalue weighted by Gasteiger charge is 2.29. The summed E-state index contributed by atoms with van der Waals surface area (Å²) in [5.74, 6) is -0.219. The molecule has 0 saturated carbocycles. The van der Waals surface area contributed by atoms with Crippen LogP contribution in [0.15, 0.2) is 24.5 Å². The van der Waals surface area contributed by atoms with Crippen molar-refractivity contribution in [2.45, 2.75) is 0 Å². The first-order valence-electron chi connectivity index (χ1n) is 5.64. The van der Waals surface area contributed by atoms with E-state index in [2.05, 4.69) is 15.0 Å². The van der Waals surface area contributed by atoms with Crippen LogP contribution in [0.3, 0.4) is 0 Å². The monoisotopic (exact) mass is 301 g/mol. The normalized spacial score (nSPS) is 16.5. The van der Waals surface area contributed by atoms with Gasteiger partial charge in [0.05, 0.1) is 5.56 Å². The Morgan fingerprint density at radius 2 is 2.20 bits per heavy atom. The molecule has 0 aliphatic carbocycles. The Morgan fingerprint density at radius 3 is 2.65 bits per heavy atom. The molecule has 1 aliphatic heterocycles. The number of carbonyl (C=O) groups is 2. The van der Waals surface area contributed by atoms with Crippen LogP contribution in [0.4, 0.5) is 4.79 Å². The van der Waals surface area contributed by atoms with Crippen molar-refractivity contribution in [2.75, 3.05) is 26.5 Å². The summed E-state index contributed by atoms with van der Waals surface area (Å²) in [6, 6.07) is 3.44. The molecule has 2 amide bonds.